The molecule has 11 nitrogen and oxygen atoms in total. The Hall–Kier alpha value is -4.15. The predicted octanol–water partition coefficient (Wildman–Crippen LogP) is 2.86. The van der Waals surface area contributed by atoms with Crippen molar-refractivity contribution in [3.8, 4) is 0 Å². The number of carbonyl (C=O) groups excluding carboxylic acids is 2. The molecular formula is C18H17N5O6. The number of nitrogens with one attached hydrogen (secondary N) is 2. The van der Waals surface area contributed by atoms with E-state index < -0.39 is 27.1 Å². The van der Waals surface area contributed by atoms with Gasteiger partial charge in [0.2, 0.25) is 5.91 Å². The van der Waals surface area contributed by atoms with Crippen LogP contribution in [0.3, 0.4) is 0 Å². The highest BCUT2D eigenvalue weighted by molar-refractivity contribution is 5.96. The molecule has 0 atom stereocenters. The third-order valence-electron chi connectivity index (χ3n) is 3.73. The van der Waals surface area contributed by atoms with Gasteiger partial charge in [-0.15, -0.1) is 0 Å². The molecule has 2 rings (SSSR count). The molecule has 0 aliphatic carbocycles. The van der Waals surface area contributed by atoms with Crippen LogP contribution in [-0.2, 0) is 4.79 Å². The minimum absolute atomic E-state index is 0.00681. The Labute approximate surface area is 164 Å². The number of nitro benzene ring substituents is 2. The third-order valence-corrected chi connectivity index (χ3v) is 3.73. The summed E-state index contributed by atoms with van der Waals surface area (Å²) in [5.74, 6) is -0.917. The van der Waals surface area contributed by atoms with Gasteiger partial charge < -0.3 is 5.32 Å². The van der Waals surface area contributed by atoms with E-state index in [1.54, 1.807) is 26.0 Å². The van der Waals surface area contributed by atoms with E-state index in [0.717, 1.165) is 24.4 Å². The molecule has 2 aromatic rings. The normalized spacial score (nSPS) is 10.7. The Morgan fingerprint density at radius 3 is 2.24 bits per heavy atom. The molecule has 0 spiro atoms. The maximum absolute atomic E-state index is 12.1. The van der Waals surface area contributed by atoms with Crippen LogP contribution in [0.2, 0.25) is 0 Å². The lowest BCUT2D eigenvalue weighted by molar-refractivity contribution is -0.394. The second-order valence-corrected chi connectivity index (χ2v) is 6.18. The molecule has 0 bridgehead atoms. The van der Waals surface area contributed by atoms with Crippen molar-refractivity contribution in [1.29, 1.82) is 0 Å². The molecule has 0 saturated heterocycles. The summed E-state index contributed by atoms with van der Waals surface area (Å²) in [6, 6.07) is 9.15. The van der Waals surface area contributed by atoms with Crippen molar-refractivity contribution in [2.45, 2.75) is 13.8 Å². The Balaban J connectivity index is 2.07. The molecule has 0 unspecified atom stereocenters. The van der Waals surface area contributed by atoms with Gasteiger partial charge in [-0.2, -0.15) is 5.10 Å². The van der Waals surface area contributed by atoms with Crippen LogP contribution >= 0.6 is 0 Å². The minimum Gasteiger partial charge on any atom is -0.326 e. The molecule has 150 valence electrons. The summed E-state index contributed by atoms with van der Waals surface area (Å²) in [5, 5.41) is 28.2. The number of hydrazone groups is 1. The first-order valence-electron chi connectivity index (χ1n) is 8.36. The Kier molecular flexibility index (Phi) is 6.69. The van der Waals surface area contributed by atoms with E-state index in [1.165, 1.54) is 12.1 Å². The molecule has 0 aliphatic heterocycles. The minimum atomic E-state index is -0.777. The van der Waals surface area contributed by atoms with E-state index in [0.29, 0.717) is 5.69 Å². The topological polar surface area (TPSA) is 157 Å². The van der Waals surface area contributed by atoms with E-state index in [4.69, 9.17) is 0 Å². The first kappa shape index (κ1) is 21.2. The molecule has 29 heavy (non-hydrogen) atoms. The van der Waals surface area contributed by atoms with Crippen molar-refractivity contribution in [1.82, 2.24) is 5.43 Å². The summed E-state index contributed by atoms with van der Waals surface area (Å²) in [7, 11) is 0. The molecule has 0 aromatic heterocycles. The second-order valence-electron chi connectivity index (χ2n) is 6.18. The number of amides is 2. The summed E-state index contributed by atoms with van der Waals surface area (Å²) < 4.78 is 0. The van der Waals surface area contributed by atoms with Gasteiger partial charge in [0.05, 0.1) is 27.7 Å². The van der Waals surface area contributed by atoms with Gasteiger partial charge in [0, 0.05) is 23.2 Å². The van der Waals surface area contributed by atoms with Crippen LogP contribution in [0.4, 0.5) is 17.1 Å². The van der Waals surface area contributed by atoms with Gasteiger partial charge in [0.25, 0.3) is 17.3 Å². The van der Waals surface area contributed by atoms with Crippen LogP contribution in [0.1, 0.15) is 29.8 Å². The summed E-state index contributed by atoms with van der Waals surface area (Å²) in [6.45, 7) is 3.51. The van der Waals surface area contributed by atoms with Gasteiger partial charge in [0.1, 0.15) is 0 Å². The number of non-ortho nitro benzene ring substituents is 1. The zero-order valence-electron chi connectivity index (χ0n) is 15.5. The van der Waals surface area contributed by atoms with E-state index in [-0.39, 0.29) is 23.0 Å². The fraction of sp³-hybridized carbons (Fsp3) is 0.167. The van der Waals surface area contributed by atoms with Crippen molar-refractivity contribution >= 4 is 35.1 Å². The zero-order valence-corrected chi connectivity index (χ0v) is 15.5. The van der Waals surface area contributed by atoms with Crippen molar-refractivity contribution in [3.05, 3.63) is 73.8 Å². The lowest BCUT2D eigenvalue weighted by Gasteiger charge is -2.08. The Morgan fingerprint density at radius 1 is 1.03 bits per heavy atom. The van der Waals surface area contributed by atoms with Crippen molar-refractivity contribution < 1.29 is 19.4 Å². The number of benzene rings is 2. The zero-order chi connectivity index (χ0) is 21.6. The van der Waals surface area contributed by atoms with Gasteiger partial charge in [-0.25, -0.2) is 5.43 Å². The molecule has 0 heterocycles. The first-order valence-corrected chi connectivity index (χ1v) is 8.36. The van der Waals surface area contributed by atoms with E-state index in [1.807, 2.05) is 0 Å². The van der Waals surface area contributed by atoms with E-state index in [2.05, 4.69) is 15.8 Å². The molecule has 2 aromatic carbocycles. The molecule has 2 N–H and O–H groups in total. The van der Waals surface area contributed by atoms with Crippen molar-refractivity contribution in [2.75, 3.05) is 5.32 Å². The second kappa shape index (κ2) is 9.17. The lowest BCUT2D eigenvalue weighted by Crippen LogP contribution is -2.19. The fourth-order valence-corrected chi connectivity index (χ4v) is 2.13. The van der Waals surface area contributed by atoms with Gasteiger partial charge in [-0.1, -0.05) is 13.8 Å². The molecule has 11 heteroatoms. The first-order chi connectivity index (χ1) is 13.7. The fourth-order valence-electron chi connectivity index (χ4n) is 2.13. The van der Waals surface area contributed by atoms with Gasteiger partial charge in [-0.05, 0) is 30.3 Å². The number of nitro groups is 2. The third kappa shape index (κ3) is 5.66. The molecule has 0 radical (unpaired) electrons. The van der Waals surface area contributed by atoms with Crippen molar-refractivity contribution in [2.24, 2.45) is 11.0 Å². The summed E-state index contributed by atoms with van der Waals surface area (Å²) in [4.78, 5) is 44.0. The number of rotatable bonds is 7. The van der Waals surface area contributed by atoms with E-state index >= 15 is 0 Å². The summed E-state index contributed by atoms with van der Waals surface area (Å²) in [6.07, 6.45) is 1.02. The smallest absolute Gasteiger partial charge is 0.285 e. The highest BCUT2D eigenvalue weighted by Crippen LogP contribution is 2.23. The number of hydrogen-bond acceptors (Lipinski definition) is 7. The highest BCUT2D eigenvalue weighted by Gasteiger charge is 2.18. The van der Waals surface area contributed by atoms with Gasteiger partial charge in [0.15, 0.2) is 0 Å². The number of nitrogens with zero attached hydrogens (tertiary/aromatic N) is 3. The SMILES string of the molecule is CC(C)C(=O)Nc1ccc(C(=O)N/N=C\c2ccc([N+](=O)[O-])cc2[N+](=O)[O-])cc1. The average Bonchev–Trinajstić information content (AvgIpc) is 2.68. The van der Waals surface area contributed by atoms with E-state index in [9.17, 15) is 29.8 Å². The standard InChI is InChI=1S/C18H17N5O6/c1-11(2)17(24)20-14-6-3-12(4-7-14)18(25)21-19-10-13-5-8-15(22(26)27)9-16(13)23(28)29/h3-11H,1-2H3,(H,20,24)(H,21,25)/b19-10-. The van der Waals surface area contributed by atoms with Crippen LogP contribution in [0.15, 0.2) is 47.6 Å². The van der Waals surface area contributed by atoms with Crippen LogP contribution < -0.4 is 10.7 Å². The number of hydrogen-bond donors (Lipinski definition) is 2. The predicted molar refractivity (Wildman–Crippen MR) is 105 cm³/mol. The Bertz CT molecular complexity index is 985. The summed E-state index contributed by atoms with van der Waals surface area (Å²) in [5.41, 5.74) is 2.05. The maximum atomic E-state index is 12.1. The number of anilines is 1. The van der Waals surface area contributed by atoms with Gasteiger partial charge in [-0.3, -0.25) is 29.8 Å². The van der Waals surface area contributed by atoms with Crippen LogP contribution in [-0.4, -0.2) is 27.9 Å². The van der Waals surface area contributed by atoms with Gasteiger partial charge >= 0.3 is 0 Å². The molecular weight excluding hydrogens is 382 g/mol. The molecule has 2 amide bonds. The van der Waals surface area contributed by atoms with Crippen LogP contribution in [0.25, 0.3) is 0 Å². The molecule has 0 aliphatic rings. The average molecular weight is 399 g/mol. The summed E-state index contributed by atoms with van der Waals surface area (Å²) >= 11 is 0. The molecule has 0 fully saturated rings. The monoisotopic (exact) mass is 399 g/mol. The lowest BCUT2D eigenvalue weighted by atomic mass is 10.1. The van der Waals surface area contributed by atoms with Crippen molar-refractivity contribution in [3.63, 3.8) is 0 Å². The van der Waals surface area contributed by atoms with Crippen LogP contribution in [0, 0.1) is 26.1 Å². The maximum Gasteiger partial charge on any atom is 0.285 e. The molecule has 0 saturated carbocycles. The van der Waals surface area contributed by atoms with Crippen LogP contribution in [0.5, 0.6) is 0 Å². The Morgan fingerprint density at radius 2 is 1.69 bits per heavy atom. The highest BCUT2D eigenvalue weighted by atomic mass is 16.6. The quantitative estimate of drug-likeness (QED) is 0.414. The largest absolute Gasteiger partial charge is 0.326 e. The number of carbonyl (C=O) groups is 2.